The Bertz CT molecular complexity index is 390. The molecule has 1 aliphatic heterocycles. The van der Waals surface area contributed by atoms with Crippen LogP contribution in [-0.4, -0.2) is 17.8 Å². The molecule has 0 radical (unpaired) electrons. The van der Waals surface area contributed by atoms with E-state index in [1.807, 2.05) is 0 Å². The normalized spacial score (nSPS) is 31.1. The maximum Gasteiger partial charge on any atom is 0.303 e. The van der Waals surface area contributed by atoms with E-state index in [0.717, 1.165) is 0 Å². The van der Waals surface area contributed by atoms with E-state index in [0.29, 0.717) is 5.56 Å². The average molecular weight is 242 g/mol. The quantitative estimate of drug-likeness (QED) is 0.750. The molecule has 0 saturated carbocycles. The van der Waals surface area contributed by atoms with Crippen LogP contribution in [0.3, 0.4) is 0 Å². The highest BCUT2D eigenvalue weighted by atomic mass is 19.3. The molecule has 1 saturated heterocycles. The molecule has 0 aromatic heterocycles. The van der Waals surface area contributed by atoms with Crippen LogP contribution in [0.2, 0.25) is 0 Å². The Morgan fingerprint density at radius 2 is 1.65 bits per heavy atom. The van der Waals surface area contributed by atoms with Crippen LogP contribution in [0.25, 0.3) is 0 Å². The van der Waals surface area contributed by atoms with Crippen LogP contribution in [0.15, 0.2) is 30.3 Å². The summed E-state index contributed by atoms with van der Waals surface area (Å²) in [7, 11) is 0. The van der Waals surface area contributed by atoms with E-state index in [4.69, 9.17) is 9.47 Å². The zero-order valence-corrected chi connectivity index (χ0v) is 10.1. The number of alkyl halides is 2. The van der Waals surface area contributed by atoms with Crippen LogP contribution in [0.5, 0.6) is 0 Å². The summed E-state index contributed by atoms with van der Waals surface area (Å²) in [4.78, 5) is 0. The Hall–Kier alpha value is -1.00. The Morgan fingerprint density at radius 1 is 1.06 bits per heavy atom. The fourth-order valence-corrected chi connectivity index (χ4v) is 2.03. The molecule has 2 atom stereocenters. The van der Waals surface area contributed by atoms with Crippen molar-refractivity contribution in [3.05, 3.63) is 35.9 Å². The van der Waals surface area contributed by atoms with Crippen LogP contribution in [-0.2, 0) is 9.47 Å². The van der Waals surface area contributed by atoms with Crippen molar-refractivity contribution in [2.45, 2.75) is 44.7 Å². The van der Waals surface area contributed by atoms with Gasteiger partial charge >= 0.3 is 5.92 Å². The number of hydrogen-bond acceptors (Lipinski definition) is 2. The third kappa shape index (κ3) is 2.33. The van der Waals surface area contributed by atoms with E-state index in [1.54, 1.807) is 44.2 Å². The number of ether oxygens (including phenoxy) is 2. The SMILES string of the molecule is C[C@@H]1OC(C)(C)O[C@H](c2ccccc2)C1(F)F. The van der Waals surface area contributed by atoms with Gasteiger partial charge in [0, 0.05) is 0 Å². The third-order valence-corrected chi connectivity index (χ3v) is 2.86. The molecule has 2 nitrogen and oxygen atoms in total. The fourth-order valence-electron chi connectivity index (χ4n) is 2.03. The lowest BCUT2D eigenvalue weighted by molar-refractivity contribution is -0.375. The summed E-state index contributed by atoms with van der Waals surface area (Å²) in [6.45, 7) is 4.67. The van der Waals surface area contributed by atoms with Crippen molar-refractivity contribution in [3.8, 4) is 0 Å². The molecular formula is C13H16F2O2. The van der Waals surface area contributed by atoms with Crippen LogP contribution < -0.4 is 0 Å². The summed E-state index contributed by atoms with van der Waals surface area (Å²) in [6.07, 6.45) is -2.43. The van der Waals surface area contributed by atoms with Crippen LogP contribution >= 0.6 is 0 Å². The smallest absolute Gasteiger partial charge is 0.303 e. The van der Waals surface area contributed by atoms with Crippen molar-refractivity contribution in [2.24, 2.45) is 0 Å². The maximum absolute atomic E-state index is 14.0. The maximum atomic E-state index is 14.0. The summed E-state index contributed by atoms with van der Waals surface area (Å²) >= 11 is 0. The second kappa shape index (κ2) is 4.03. The van der Waals surface area contributed by atoms with Crippen molar-refractivity contribution < 1.29 is 18.3 Å². The van der Waals surface area contributed by atoms with Crippen LogP contribution in [0.1, 0.15) is 32.4 Å². The van der Waals surface area contributed by atoms with E-state index in [-0.39, 0.29) is 0 Å². The highest BCUT2D eigenvalue weighted by Gasteiger charge is 2.55. The van der Waals surface area contributed by atoms with E-state index in [9.17, 15) is 8.78 Å². The Kier molecular flexibility index (Phi) is 2.96. The zero-order valence-electron chi connectivity index (χ0n) is 10.1. The molecular weight excluding hydrogens is 226 g/mol. The van der Waals surface area contributed by atoms with Crippen LogP contribution in [0, 0.1) is 0 Å². The van der Waals surface area contributed by atoms with Crippen molar-refractivity contribution in [2.75, 3.05) is 0 Å². The predicted octanol–water partition coefficient (Wildman–Crippen LogP) is 3.53. The van der Waals surface area contributed by atoms with E-state index in [2.05, 4.69) is 0 Å². The van der Waals surface area contributed by atoms with E-state index >= 15 is 0 Å². The molecule has 1 aromatic rings. The topological polar surface area (TPSA) is 18.5 Å². The molecule has 0 N–H and O–H groups in total. The van der Waals surface area contributed by atoms with Crippen LogP contribution in [0.4, 0.5) is 8.78 Å². The lowest BCUT2D eigenvalue weighted by Crippen LogP contribution is -2.53. The molecule has 1 fully saturated rings. The van der Waals surface area contributed by atoms with Crippen molar-refractivity contribution >= 4 is 0 Å². The van der Waals surface area contributed by atoms with Gasteiger partial charge in [0.2, 0.25) is 0 Å². The van der Waals surface area contributed by atoms with Gasteiger partial charge in [-0.3, -0.25) is 0 Å². The molecule has 1 aromatic carbocycles. The number of halogens is 2. The first kappa shape index (κ1) is 12.5. The second-order valence-electron chi connectivity index (χ2n) is 4.74. The Labute approximate surface area is 99.5 Å². The highest BCUT2D eigenvalue weighted by molar-refractivity contribution is 5.21. The van der Waals surface area contributed by atoms with E-state index in [1.165, 1.54) is 6.92 Å². The average Bonchev–Trinajstić information content (AvgIpc) is 2.25. The van der Waals surface area contributed by atoms with Gasteiger partial charge in [-0.2, -0.15) is 0 Å². The van der Waals surface area contributed by atoms with Gasteiger partial charge in [-0.1, -0.05) is 30.3 Å². The van der Waals surface area contributed by atoms with Gasteiger partial charge in [-0.25, -0.2) is 8.78 Å². The Morgan fingerprint density at radius 3 is 2.24 bits per heavy atom. The predicted molar refractivity (Wildman–Crippen MR) is 59.8 cm³/mol. The molecule has 0 spiro atoms. The monoisotopic (exact) mass is 242 g/mol. The number of rotatable bonds is 1. The molecule has 17 heavy (non-hydrogen) atoms. The van der Waals surface area contributed by atoms with Gasteiger partial charge < -0.3 is 9.47 Å². The van der Waals surface area contributed by atoms with Crippen molar-refractivity contribution in [1.29, 1.82) is 0 Å². The minimum atomic E-state index is -3.03. The minimum Gasteiger partial charge on any atom is -0.341 e. The molecule has 0 aliphatic carbocycles. The lowest BCUT2D eigenvalue weighted by Gasteiger charge is -2.44. The molecule has 2 rings (SSSR count). The van der Waals surface area contributed by atoms with Crippen molar-refractivity contribution in [3.63, 3.8) is 0 Å². The molecule has 0 bridgehead atoms. The molecule has 0 unspecified atom stereocenters. The first-order valence-electron chi connectivity index (χ1n) is 5.61. The standard InChI is InChI=1S/C13H16F2O2/c1-9-13(14,15)11(17-12(2,3)16-9)10-7-5-4-6-8-10/h4-9,11H,1-3H3/t9-,11+/m0/s1. The first-order valence-corrected chi connectivity index (χ1v) is 5.61. The molecule has 94 valence electrons. The van der Waals surface area contributed by atoms with Gasteiger partial charge in [-0.05, 0) is 26.3 Å². The summed E-state index contributed by atoms with van der Waals surface area (Å²) in [5, 5.41) is 0. The van der Waals surface area contributed by atoms with Gasteiger partial charge in [0.1, 0.15) is 6.10 Å². The van der Waals surface area contributed by atoms with Gasteiger partial charge in [0.05, 0.1) is 0 Å². The summed E-state index contributed by atoms with van der Waals surface area (Å²) in [5.74, 6) is -4.03. The Balaban J connectivity index is 2.36. The van der Waals surface area contributed by atoms with Gasteiger partial charge in [-0.15, -0.1) is 0 Å². The molecule has 1 heterocycles. The van der Waals surface area contributed by atoms with Gasteiger partial charge in [0.25, 0.3) is 0 Å². The van der Waals surface area contributed by atoms with E-state index < -0.39 is 23.9 Å². The summed E-state index contributed by atoms with van der Waals surface area (Å²) in [5.41, 5.74) is 0.473. The highest BCUT2D eigenvalue weighted by Crippen LogP contribution is 2.46. The first-order chi connectivity index (χ1) is 7.83. The minimum absolute atomic E-state index is 0.473. The molecule has 0 amide bonds. The summed E-state index contributed by atoms with van der Waals surface area (Å²) in [6, 6.07) is 8.53. The van der Waals surface area contributed by atoms with Crippen molar-refractivity contribution in [1.82, 2.24) is 0 Å². The lowest BCUT2D eigenvalue weighted by atomic mass is 9.97. The largest absolute Gasteiger partial charge is 0.341 e. The third-order valence-electron chi connectivity index (χ3n) is 2.86. The molecule has 4 heteroatoms. The number of benzene rings is 1. The summed E-state index contributed by atoms with van der Waals surface area (Å²) < 4.78 is 38.6. The molecule has 1 aliphatic rings. The number of hydrogen-bond donors (Lipinski definition) is 0. The fraction of sp³-hybridized carbons (Fsp3) is 0.538. The van der Waals surface area contributed by atoms with Gasteiger partial charge in [0.15, 0.2) is 11.9 Å². The second-order valence-corrected chi connectivity index (χ2v) is 4.74. The zero-order chi connectivity index (χ0) is 12.7.